The first-order valence-corrected chi connectivity index (χ1v) is 7.18. The van der Waals surface area contributed by atoms with E-state index < -0.39 is 0 Å². The Kier molecular flexibility index (Phi) is 4.10. The zero-order chi connectivity index (χ0) is 14.7. The molecule has 1 fully saturated rings. The molecule has 1 aliphatic heterocycles. The average Bonchev–Trinajstić information content (AvgIpc) is 2.96. The van der Waals surface area contributed by atoms with Gasteiger partial charge in [0.25, 0.3) is 0 Å². The molecule has 110 valence electrons. The highest BCUT2D eigenvalue weighted by atomic mass is 19.1. The van der Waals surface area contributed by atoms with Crippen molar-refractivity contribution in [2.45, 2.75) is 19.0 Å². The second kappa shape index (κ2) is 6.18. The Labute approximate surface area is 124 Å². The Hall–Kier alpha value is -2.01. The average molecular weight is 286 g/mol. The maximum absolute atomic E-state index is 13.2. The number of likely N-dealkylation sites (tertiary alicyclic amines) is 1. The van der Waals surface area contributed by atoms with Crippen molar-refractivity contribution in [2.75, 3.05) is 25.0 Å². The van der Waals surface area contributed by atoms with Crippen LogP contribution in [0.15, 0.2) is 42.9 Å². The maximum Gasteiger partial charge on any atom is 0.131 e. The first-order chi connectivity index (χ1) is 10.2. The van der Waals surface area contributed by atoms with Gasteiger partial charge in [0.1, 0.15) is 18.0 Å². The lowest BCUT2D eigenvalue weighted by Gasteiger charge is -2.25. The zero-order valence-electron chi connectivity index (χ0n) is 12.1. The van der Waals surface area contributed by atoms with E-state index >= 15 is 0 Å². The summed E-state index contributed by atoms with van der Waals surface area (Å²) >= 11 is 0. The number of halogens is 1. The number of likely N-dealkylation sites (N-methyl/N-ethyl adjacent to an activating group) is 1. The summed E-state index contributed by atoms with van der Waals surface area (Å²) in [6.07, 6.45) is 4.43. The Morgan fingerprint density at radius 2 is 2.29 bits per heavy atom. The molecule has 1 aromatic carbocycles. The van der Waals surface area contributed by atoms with Crippen LogP contribution in [0.5, 0.6) is 0 Å². The molecular formula is C16H19FN4. The first-order valence-electron chi connectivity index (χ1n) is 7.18. The standard InChI is InChI=1S/C16H19FN4/c1-20(16-5-7-18-12-19-16)15-6-8-21(11-15)10-13-3-2-4-14(17)9-13/h2-5,7,9,12,15H,6,8,10-11H2,1H3. The smallest absolute Gasteiger partial charge is 0.131 e. The lowest BCUT2D eigenvalue weighted by atomic mass is 10.2. The minimum absolute atomic E-state index is 0.165. The van der Waals surface area contributed by atoms with E-state index in [0.717, 1.165) is 37.4 Å². The summed E-state index contributed by atoms with van der Waals surface area (Å²) in [5, 5.41) is 0. The number of rotatable bonds is 4. The quantitative estimate of drug-likeness (QED) is 0.863. The van der Waals surface area contributed by atoms with Crippen LogP contribution < -0.4 is 4.90 Å². The lowest BCUT2D eigenvalue weighted by molar-refractivity contribution is 0.325. The Morgan fingerprint density at radius 3 is 3.05 bits per heavy atom. The van der Waals surface area contributed by atoms with Gasteiger partial charge in [-0.15, -0.1) is 0 Å². The summed E-state index contributed by atoms with van der Waals surface area (Å²) in [6.45, 7) is 2.79. The minimum atomic E-state index is -0.165. The predicted molar refractivity (Wildman–Crippen MR) is 80.5 cm³/mol. The molecule has 0 saturated carbocycles. The monoisotopic (exact) mass is 286 g/mol. The summed E-state index contributed by atoms with van der Waals surface area (Å²) in [4.78, 5) is 12.8. The van der Waals surface area contributed by atoms with Crippen LogP contribution in [0, 0.1) is 5.82 Å². The van der Waals surface area contributed by atoms with E-state index in [1.807, 2.05) is 12.1 Å². The molecule has 21 heavy (non-hydrogen) atoms. The molecule has 1 saturated heterocycles. The van der Waals surface area contributed by atoms with Gasteiger partial charge in [-0.25, -0.2) is 14.4 Å². The highest BCUT2D eigenvalue weighted by Crippen LogP contribution is 2.20. The molecule has 0 spiro atoms. The molecule has 1 unspecified atom stereocenters. The van der Waals surface area contributed by atoms with Crippen LogP contribution in [-0.2, 0) is 6.54 Å². The van der Waals surface area contributed by atoms with Gasteiger partial charge in [-0.3, -0.25) is 4.90 Å². The number of anilines is 1. The van der Waals surface area contributed by atoms with Gasteiger partial charge in [0.05, 0.1) is 0 Å². The van der Waals surface area contributed by atoms with Gasteiger partial charge in [-0.2, -0.15) is 0 Å². The molecule has 5 heteroatoms. The fourth-order valence-electron chi connectivity index (χ4n) is 2.84. The van der Waals surface area contributed by atoms with Gasteiger partial charge in [-0.1, -0.05) is 12.1 Å². The van der Waals surface area contributed by atoms with Gasteiger partial charge in [0.2, 0.25) is 0 Å². The van der Waals surface area contributed by atoms with E-state index in [1.165, 1.54) is 6.07 Å². The van der Waals surface area contributed by atoms with Crippen LogP contribution >= 0.6 is 0 Å². The predicted octanol–water partition coefficient (Wildman–Crippen LogP) is 2.33. The zero-order valence-corrected chi connectivity index (χ0v) is 12.1. The molecule has 1 atom stereocenters. The molecule has 0 aliphatic carbocycles. The van der Waals surface area contributed by atoms with Gasteiger partial charge in [0, 0.05) is 38.9 Å². The summed E-state index contributed by atoms with van der Waals surface area (Å²) in [6, 6.07) is 9.21. The molecular weight excluding hydrogens is 267 g/mol. The molecule has 1 aromatic heterocycles. The van der Waals surface area contributed by atoms with Crippen molar-refractivity contribution < 1.29 is 4.39 Å². The maximum atomic E-state index is 13.2. The molecule has 0 bridgehead atoms. The van der Waals surface area contributed by atoms with Crippen molar-refractivity contribution in [3.63, 3.8) is 0 Å². The fourth-order valence-corrected chi connectivity index (χ4v) is 2.84. The topological polar surface area (TPSA) is 32.3 Å². The van der Waals surface area contributed by atoms with E-state index in [4.69, 9.17) is 0 Å². The van der Waals surface area contributed by atoms with Crippen LogP contribution in [0.1, 0.15) is 12.0 Å². The third-order valence-corrected chi connectivity index (χ3v) is 4.02. The number of hydrogen-bond donors (Lipinski definition) is 0. The van der Waals surface area contributed by atoms with E-state index in [-0.39, 0.29) is 5.82 Å². The van der Waals surface area contributed by atoms with E-state index in [0.29, 0.717) is 6.04 Å². The molecule has 2 heterocycles. The van der Waals surface area contributed by atoms with Crippen molar-refractivity contribution in [3.8, 4) is 0 Å². The van der Waals surface area contributed by atoms with Crippen LogP contribution in [0.2, 0.25) is 0 Å². The number of benzene rings is 1. The molecule has 0 radical (unpaired) electrons. The number of nitrogens with zero attached hydrogens (tertiary/aromatic N) is 4. The van der Waals surface area contributed by atoms with Crippen molar-refractivity contribution in [3.05, 3.63) is 54.2 Å². The second-order valence-corrected chi connectivity index (χ2v) is 5.49. The summed E-state index contributed by atoms with van der Waals surface area (Å²) in [5.74, 6) is 0.781. The van der Waals surface area contributed by atoms with E-state index in [2.05, 4.69) is 26.8 Å². The van der Waals surface area contributed by atoms with Crippen molar-refractivity contribution >= 4 is 5.82 Å². The molecule has 3 rings (SSSR count). The normalized spacial score (nSPS) is 18.9. The highest BCUT2D eigenvalue weighted by molar-refractivity contribution is 5.37. The first kappa shape index (κ1) is 13.9. The van der Waals surface area contributed by atoms with E-state index in [9.17, 15) is 4.39 Å². The third kappa shape index (κ3) is 3.36. The van der Waals surface area contributed by atoms with E-state index in [1.54, 1.807) is 24.7 Å². The van der Waals surface area contributed by atoms with Crippen molar-refractivity contribution in [1.82, 2.24) is 14.9 Å². The summed E-state index contributed by atoms with van der Waals surface area (Å²) < 4.78 is 13.2. The largest absolute Gasteiger partial charge is 0.355 e. The van der Waals surface area contributed by atoms with Crippen molar-refractivity contribution in [1.29, 1.82) is 0 Å². The third-order valence-electron chi connectivity index (χ3n) is 4.02. The second-order valence-electron chi connectivity index (χ2n) is 5.49. The highest BCUT2D eigenvalue weighted by Gasteiger charge is 2.26. The SMILES string of the molecule is CN(c1ccncn1)C1CCN(Cc2cccc(F)c2)C1. The molecule has 0 N–H and O–H groups in total. The lowest BCUT2D eigenvalue weighted by Crippen LogP contribution is -2.34. The minimum Gasteiger partial charge on any atom is -0.355 e. The molecule has 4 nitrogen and oxygen atoms in total. The van der Waals surface area contributed by atoms with Crippen LogP contribution in [-0.4, -0.2) is 41.0 Å². The fraction of sp³-hybridized carbons (Fsp3) is 0.375. The number of hydrogen-bond acceptors (Lipinski definition) is 4. The Morgan fingerprint density at radius 1 is 1.38 bits per heavy atom. The summed E-state index contributed by atoms with van der Waals surface area (Å²) in [5.41, 5.74) is 1.03. The van der Waals surface area contributed by atoms with Crippen LogP contribution in [0.3, 0.4) is 0 Å². The van der Waals surface area contributed by atoms with Gasteiger partial charge >= 0.3 is 0 Å². The van der Waals surface area contributed by atoms with Gasteiger partial charge < -0.3 is 4.90 Å². The van der Waals surface area contributed by atoms with Gasteiger partial charge in [0.15, 0.2) is 0 Å². The van der Waals surface area contributed by atoms with Gasteiger partial charge in [-0.05, 0) is 30.2 Å². The Bertz CT molecular complexity index is 590. The molecule has 1 aliphatic rings. The van der Waals surface area contributed by atoms with Crippen LogP contribution in [0.4, 0.5) is 10.2 Å². The van der Waals surface area contributed by atoms with Crippen LogP contribution in [0.25, 0.3) is 0 Å². The number of aromatic nitrogens is 2. The molecule has 0 amide bonds. The summed E-state index contributed by atoms with van der Waals surface area (Å²) in [7, 11) is 2.07. The molecule has 2 aromatic rings. The van der Waals surface area contributed by atoms with Crippen molar-refractivity contribution in [2.24, 2.45) is 0 Å². The Balaban J connectivity index is 1.60.